The number of ether oxygens (including phenoxy) is 1. The van der Waals surface area contributed by atoms with Crippen LogP contribution in [0.4, 0.5) is 9.18 Å². The molecule has 150 valence electrons. The smallest absolute Gasteiger partial charge is 0.326 e. The third-order valence-electron chi connectivity index (χ3n) is 5.00. The van der Waals surface area contributed by atoms with Crippen molar-refractivity contribution < 1.29 is 28.3 Å². The number of urea groups is 1. The van der Waals surface area contributed by atoms with E-state index < -0.39 is 42.5 Å². The van der Waals surface area contributed by atoms with Crippen molar-refractivity contribution in [2.24, 2.45) is 5.92 Å². The number of hydrogen-bond donors (Lipinski definition) is 2. The second kappa shape index (κ2) is 7.95. The van der Waals surface area contributed by atoms with Crippen molar-refractivity contribution in [3.8, 4) is 0 Å². The van der Waals surface area contributed by atoms with Crippen LogP contribution in [-0.2, 0) is 25.5 Å². The van der Waals surface area contributed by atoms with Crippen molar-refractivity contribution in [3.63, 3.8) is 0 Å². The van der Waals surface area contributed by atoms with Gasteiger partial charge in [-0.3, -0.25) is 19.3 Å². The van der Waals surface area contributed by atoms with E-state index in [1.807, 2.05) is 0 Å². The van der Waals surface area contributed by atoms with Crippen LogP contribution in [0.1, 0.15) is 25.3 Å². The van der Waals surface area contributed by atoms with Gasteiger partial charge in [0.25, 0.3) is 11.8 Å². The van der Waals surface area contributed by atoms with Crippen molar-refractivity contribution in [3.05, 3.63) is 35.6 Å². The lowest BCUT2D eigenvalue weighted by Gasteiger charge is -2.20. The number of nitrogens with zero attached hydrogens (tertiary/aromatic N) is 1. The number of carbonyl (C=O) groups excluding carboxylic acids is 4. The summed E-state index contributed by atoms with van der Waals surface area (Å²) in [6.45, 7) is 0.918. The van der Waals surface area contributed by atoms with Crippen molar-refractivity contribution in [2.45, 2.75) is 31.7 Å². The molecule has 1 heterocycles. The average Bonchev–Trinajstić information content (AvgIpc) is 3.48. The fraction of sp³-hybridized carbons (Fsp3) is 0.474. The second-order valence-electron chi connectivity index (χ2n) is 7.19. The Kier molecular flexibility index (Phi) is 5.62. The van der Waals surface area contributed by atoms with Gasteiger partial charge in [-0.1, -0.05) is 12.1 Å². The van der Waals surface area contributed by atoms with Crippen LogP contribution >= 0.6 is 0 Å². The zero-order valence-corrected chi connectivity index (χ0v) is 15.5. The molecule has 1 aliphatic carbocycles. The molecule has 0 unspecified atom stereocenters. The summed E-state index contributed by atoms with van der Waals surface area (Å²) in [4.78, 5) is 48.9. The number of amides is 4. The minimum atomic E-state index is -0.963. The maximum Gasteiger partial charge on any atom is 0.326 e. The summed E-state index contributed by atoms with van der Waals surface area (Å²) in [6.07, 6.45) is 2.22. The van der Waals surface area contributed by atoms with E-state index >= 15 is 0 Å². The van der Waals surface area contributed by atoms with Crippen molar-refractivity contribution in [2.75, 3.05) is 19.7 Å². The summed E-state index contributed by atoms with van der Waals surface area (Å²) in [5.74, 6) is -2.02. The van der Waals surface area contributed by atoms with Crippen LogP contribution in [0.25, 0.3) is 0 Å². The second-order valence-corrected chi connectivity index (χ2v) is 7.19. The molecule has 1 aliphatic heterocycles. The molecular formula is C19H22FN3O5. The lowest BCUT2D eigenvalue weighted by molar-refractivity contribution is -0.151. The molecule has 1 aromatic carbocycles. The molecule has 8 nitrogen and oxygen atoms in total. The number of rotatable bonds is 8. The highest BCUT2D eigenvalue weighted by atomic mass is 19.1. The van der Waals surface area contributed by atoms with Crippen LogP contribution in [0.3, 0.4) is 0 Å². The van der Waals surface area contributed by atoms with Crippen LogP contribution in [-0.4, -0.2) is 54.0 Å². The van der Waals surface area contributed by atoms with Gasteiger partial charge in [-0.2, -0.15) is 0 Å². The topological polar surface area (TPSA) is 105 Å². The predicted octanol–water partition coefficient (Wildman–Crippen LogP) is 0.748. The number of carbonyl (C=O) groups is 4. The first-order chi connectivity index (χ1) is 13.3. The number of benzene rings is 1. The summed E-state index contributed by atoms with van der Waals surface area (Å²) in [5, 5.41) is 5.21. The van der Waals surface area contributed by atoms with Crippen molar-refractivity contribution >= 4 is 23.8 Å². The number of halogens is 1. The SMILES string of the molecule is C[C@@]1(C2CC2)NC(=O)N(CC(=O)OCC(=O)NCCc2ccc(F)cc2)C1=O. The zero-order valence-electron chi connectivity index (χ0n) is 15.5. The van der Waals surface area contributed by atoms with E-state index in [1.54, 1.807) is 19.1 Å². The summed E-state index contributed by atoms with van der Waals surface area (Å²) in [7, 11) is 0. The third-order valence-corrected chi connectivity index (χ3v) is 5.00. The molecule has 1 saturated carbocycles. The highest BCUT2D eigenvalue weighted by Crippen LogP contribution is 2.42. The third kappa shape index (κ3) is 4.47. The lowest BCUT2D eigenvalue weighted by atomic mass is 9.96. The maximum absolute atomic E-state index is 12.8. The predicted molar refractivity (Wildman–Crippen MR) is 95.4 cm³/mol. The highest BCUT2D eigenvalue weighted by molar-refractivity contribution is 6.08. The van der Waals surface area contributed by atoms with Crippen molar-refractivity contribution in [1.82, 2.24) is 15.5 Å². The van der Waals surface area contributed by atoms with Gasteiger partial charge in [0.15, 0.2) is 6.61 Å². The lowest BCUT2D eigenvalue weighted by Crippen LogP contribution is -2.46. The van der Waals surface area contributed by atoms with Crippen LogP contribution in [0, 0.1) is 11.7 Å². The minimum absolute atomic E-state index is 0.0943. The van der Waals surface area contributed by atoms with Gasteiger partial charge in [-0.25, -0.2) is 9.18 Å². The molecule has 9 heteroatoms. The molecule has 1 saturated heterocycles. The number of imide groups is 1. The molecule has 0 aromatic heterocycles. The standard InChI is InChI=1S/C19H22FN3O5/c1-19(13-4-5-13)17(26)23(18(27)22-19)10-16(25)28-11-15(24)21-9-8-12-2-6-14(20)7-3-12/h2-3,6-7,13H,4-5,8-11H2,1H3,(H,21,24)(H,22,27)/t19-/m0/s1. The molecule has 0 spiro atoms. The number of hydrogen-bond acceptors (Lipinski definition) is 5. The van der Waals surface area contributed by atoms with E-state index in [2.05, 4.69) is 10.6 Å². The molecule has 2 aliphatic rings. The molecule has 4 amide bonds. The fourth-order valence-electron chi connectivity index (χ4n) is 3.17. The van der Waals surface area contributed by atoms with E-state index in [-0.39, 0.29) is 11.7 Å². The van der Waals surface area contributed by atoms with E-state index in [4.69, 9.17) is 4.74 Å². The number of nitrogens with one attached hydrogen (secondary N) is 2. The Labute approximate surface area is 161 Å². The normalized spacial score (nSPS) is 21.4. The van der Waals surface area contributed by atoms with Crippen LogP contribution in [0.2, 0.25) is 0 Å². The fourth-order valence-corrected chi connectivity index (χ4v) is 3.17. The van der Waals surface area contributed by atoms with Gasteiger partial charge >= 0.3 is 12.0 Å². The van der Waals surface area contributed by atoms with E-state index in [0.29, 0.717) is 13.0 Å². The van der Waals surface area contributed by atoms with Gasteiger partial charge in [-0.05, 0) is 49.8 Å². The molecule has 3 rings (SSSR count). The molecule has 28 heavy (non-hydrogen) atoms. The van der Waals surface area contributed by atoms with Gasteiger partial charge in [-0.15, -0.1) is 0 Å². The van der Waals surface area contributed by atoms with Crippen LogP contribution in [0.15, 0.2) is 24.3 Å². The molecule has 0 bridgehead atoms. The van der Waals surface area contributed by atoms with E-state index in [0.717, 1.165) is 23.3 Å². The van der Waals surface area contributed by atoms with Crippen molar-refractivity contribution in [1.29, 1.82) is 0 Å². The molecule has 0 radical (unpaired) electrons. The molecular weight excluding hydrogens is 369 g/mol. The van der Waals surface area contributed by atoms with Gasteiger partial charge in [0.2, 0.25) is 0 Å². The Balaban J connectivity index is 1.38. The summed E-state index contributed by atoms with van der Waals surface area (Å²) in [6, 6.07) is 5.29. The van der Waals surface area contributed by atoms with Gasteiger partial charge in [0, 0.05) is 6.54 Å². The highest BCUT2D eigenvalue weighted by Gasteiger charge is 2.56. The Bertz CT molecular complexity index is 793. The van der Waals surface area contributed by atoms with E-state index in [9.17, 15) is 23.6 Å². The summed E-state index contributed by atoms with van der Waals surface area (Å²) >= 11 is 0. The summed E-state index contributed by atoms with van der Waals surface area (Å²) < 4.78 is 17.7. The summed E-state index contributed by atoms with van der Waals surface area (Å²) in [5.41, 5.74) is -0.106. The number of esters is 1. The first kappa shape index (κ1) is 19.8. The Morgan fingerprint density at radius 2 is 1.96 bits per heavy atom. The van der Waals surface area contributed by atoms with Crippen LogP contribution < -0.4 is 10.6 Å². The Hall–Kier alpha value is -2.97. The van der Waals surface area contributed by atoms with Gasteiger partial charge in [0.05, 0.1) is 0 Å². The molecule has 2 N–H and O–H groups in total. The molecule has 1 atom stereocenters. The van der Waals surface area contributed by atoms with E-state index in [1.165, 1.54) is 12.1 Å². The quantitative estimate of drug-likeness (QED) is 0.503. The average molecular weight is 391 g/mol. The maximum atomic E-state index is 12.8. The van der Waals surface area contributed by atoms with Crippen LogP contribution in [0.5, 0.6) is 0 Å². The molecule has 1 aromatic rings. The zero-order chi connectivity index (χ0) is 20.3. The monoisotopic (exact) mass is 391 g/mol. The first-order valence-corrected chi connectivity index (χ1v) is 9.10. The largest absolute Gasteiger partial charge is 0.454 e. The van der Waals surface area contributed by atoms with Gasteiger partial charge in [0.1, 0.15) is 17.9 Å². The Morgan fingerprint density at radius 3 is 2.61 bits per heavy atom. The molecule has 2 fully saturated rings. The Morgan fingerprint density at radius 1 is 1.29 bits per heavy atom. The minimum Gasteiger partial charge on any atom is -0.454 e. The first-order valence-electron chi connectivity index (χ1n) is 9.10. The van der Waals surface area contributed by atoms with Gasteiger partial charge < -0.3 is 15.4 Å².